The van der Waals surface area contributed by atoms with Gasteiger partial charge in [-0.2, -0.15) is 0 Å². The summed E-state index contributed by atoms with van der Waals surface area (Å²) < 4.78 is 1.28. The van der Waals surface area contributed by atoms with E-state index in [1.54, 1.807) is 0 Å². The quantitative estimate of drug-likeness (QED) is 0.835. The second-order valence-electron chi connectivity index (χ2n) is 4.76. The van der Waals surface area contributed by atoms with Crippen LogP contribution < -0.4 is 5.32 Å². The maximum atomic E-state index is 3.66. The number of nitrogens with one attached hydrogen (secondary N) is 1. The van der Waals surface area contributed by atoms with E-state index in [2.05, 4.69) is 46.5 Å². The molecule has 0 bridgehead atoms. The van der Waals surface area contributed by atoms with Crippen molar-refractivity contribution in [2.24, 2.45) is 11.8 Å². The zero-order chi connectivity index (χ0) is 11.5. The maximum absolute atomic E-state index is 3.66. The fourth-order valence-electron chi connectivity index (χ4n) is 2.33. The lowest BCUT2D eigenvalue weighted by molar-refractivity contribution is 0.346. The third-order valence-electron chi connectivity index (χ3n) is 3.56. The van der Waals surface area contributed by atoms with E-state index in [4.69, 9.17) is 0 Å². The molecule has 1 N–H and O–H groups in total. The maximum Gasteiger partial charge on any atom is 0.0314 e. The number of halogens is 1. The largest absolute Gasteiger partial charge is 0.314 e. The Morgan fingerprint density at radius 3 is 2.81 bits per heavy atom. The second-order valence-corrected chi connectivity index (χ2v) is 6.61. The predicted molar refractivity (Wildman–Crippen MR) is 75.1 cm³/mol. The molecule has 0 radical (unpaired) electrons. The minimum Gasteiger partial charge on any atom is -0.314 e. The van der Waals surface area contributed by atoms with E-state index < -0.39 is 0 Å². The van der Waals surface area contributed by atoms with Gasteiger partial charge in [0.1, 0.15) is 0 Å². The Morgan fingerprint density at radius 1 is 1.56 bits per heavy atom. The fraction of sp³-hybridized carbons (Fsp3) is 0.692. The molecule has 2 atom stereocenters. The third kappa shape index (κ3) is 3.08. The van der Waals surface area contributed by atoms with Crippen molar-refractivity contribution in [1.82, 2.24) is 5.32 Å². The van der Waals surface area contributed by atoms with Gasteiger partial charge in [-0.3, -0.25) is 0 Å². The lowest BCUT2D eigenvalue weighted by atomic mass is 9.93. The highest BCUT2D eigenvalue weighted by Crippen LogP contribution is 2.39. The van der Waals surface area contributed by atoms with Crippen LogP contribution >= 0.6 is 27.3 Å². The van der Waals surface area contributed by atoms with E-state index in [-0.39, 0.29) is 0 Å². The molecule has 0 amide bonds. The van der Waals surface area contributed by atoms with Crippen LogP contribution in [-0.2, 0) is 6.42 Å². The molecule has 0 spiro atoms. The average molecular weight is 302 g/mol. The van der Waals surface area contributed by atoms with E-state index >= 15 is 0 Å². The van der Waals surface area contributed by atoms with Crippen LogP contribution in [0.25, 0.3) is 0 Å². The van der Waals surface area contributed by atoms with Crippen LogP contribution in [0, 0.1) is 11.8 Å². The van der Waals surface area contributed by atoms with Gasteiger partial charge in [-0.05, 0) is 65.0 Å². The number of rotatable bonds is 6. The molecule has 3 heteroatoms. The summed E-state index contributed by atoms with van der Waals surface area (Å²) in [5.74, 6) is 1.79. The Morgan fingerprint density at radius 2 is 2.31 bits per heavy atom. The Kier molecular flexibility index (Phi) is 4.45. The highest BCUT2D eigenvalue weighted by Gasteiger charge is 2.33. The highest BCUT2D eigenvalue weighted by atomic mass is 79.9. The van der Waals surface area contributed by atoms with Gasteiger partial charge in [-0.25, -0.2) is 0 Å². The Hall–Kier alpha value is 0.140. The van der Waals surface area contributed by atoms with Crippen molar-refractivity contribution in [2.45, 2.75) is 39.2 Å². The Balaban J connectivity index is 1.99. The first-order valence-corrected chi connectivity index (χ1v) is 7.85. The van der Waals surface area contributed by atoms with Crippen molar-refractivity contribution >= 4 is 27.3 Å². The molecular weight excluding hydrogens is 282 g/mol. The van der Waals surface area contributed by atoms with Crippen LogP contribution in [0.3, 0.4) is 0 Å². The molecular formula is C13H20BrNS. The van der Waals surface area contributed by atoms with Gasteiger partial charge in [0.15, 0.2) is 0 Å². The molecule has 1 aliphatic carbocycles. The van der Waals surface area contributed by atoms with Gasteiger partial charge in [0, 0.05) is 15.4 Å². The molecule has 0 saturated heterocycles. The van der Waals surface area contributed by atoms with E-state index in [9.17, 15) is 0 Å². The number of likely N-dealkylation sites (N-methyl/N-ethyl adjacent to an activating group) is 1. The molecule has 2 unspecified atom stereocenters. The lowest BCUT2D eigenvalue weighted by Crippen LogP contribution is -2.37. The molecule has 0 aromatic carbocycles. The zero-order valence-corrected chi connectivity index (χ0v) is 12.4. The van der Waals surface area contributed by atoms with E-state index in [1.165, 1.54) is 28.6 Å². The van der Waals surface area contributed by atoms with Crippen molar-refractivity contribution in [2.75, 3.05) is 6.54 Å². The summed E-state index contributed by atoms with van der Waals surface area (Å²) in [5.41, 5.74) is 0. The normalized spacial score (nSPS) is 19.7. The molecule has 1 aliphatic rings. The second kappa shape index (κ2) is 5.65. The molecule has 1 fully saturated rings. The molecule has 1 heterocycles. The molecule has 2 rings (SSSR count). The molecule has 1 saturated carbocycles. The van der Waals surface area contributed by atoms with Crippen LogP contribution in [-0.4, -0.2) is 12.6 Å². The predicted octanol–water partition coefficient (Wildman–Crippen LogP) is 4.08. The monoisotopic (exact) mass is 301 g/mol. The summed E-state index contributed by atoms with van der Waals surface area (Å²) in [6.45, 7) is 5.69. The summed E-state index contributed by atoms with van der Waals surface area (Å²) in [7, 11) is 0. The van der Waals surface area contributed by atoms with Crippen LogP contribution in [0.15, 0.2) is 15.9 Å². The van der Waals surface area contributed by atoms with Gasteiger partial charge in [0.2, 0.25) is 0 Å². The van der Waals surface area contributed by atoms with Gasteiger partial charge in [0.05, 0.1) is 0 Å². The van der Waals surface area contributed by atoms with E-state index in [0.29, 0.717) is 6.04 Å². The van der Waals surface area contributed by atoms with Crippen molar-refractivity contribution in [3.8, 4) is 0 Å². The lowest BCUT2D eigenvalue weighted by Gasteiger charge is -2.24. The van der Waals surface area contributed by atoms with Crippen molar-refractivity contribution in [1.29, 1.82) is 0 Å². The fourth-order valence-corrected chi connectivity index (χ4v) is 3.90. The number of hydrogen-bond donors (Lipinski definition) is 1. The summed E-state index contributed by atoms with van der Waals surface area (Å²) >= 11 is 5.50. The summed E-state index contributed by atoms with van der Waals surface area (Å²) in [6, 6.07) is 2.80. The summed E-state index contributed by atoms with van der Waals surface area (Å²) in [6.07, 6.45) is 4.05. The third-order valence-corrected chi connectivity index (χ3v) is 5.51. The van der Waals surface area contributed by atoms with Gasteiger partial charge in [0.25, 0.3) is 0 Å². The molecule has 16 heavy (non-hydrogen) atoms. The minimum atomic E-state index is 0.646. The average Bonchev–Trinajstić information content (AvgIpc) is 3.03. The van der Waals surface area contributed by atoms with Crippen LogP contribution in [0.4, 0.5) is 0 Å². The first kappa shape index (κ1) is 12.6. The van der Waals surface area contributed by atoms with Gasteiger partial charge in [-0.15, -0.1) is 11.3 Å². The minimum absolute atomic E-state index is 0.646. The standard InChI is InChI=1S/C13H20BrNS/c1-3-15-12(9(2)10-4-5-10)8-13-11(14)6-7-16-13/h6-7,9-10,12,15H,3-5,8H2,1-2H3. The SMILES string of the molecule is CCNC(Cc1sccc1Br)C(C)C1CC1. The molecule has 90 valence electrons. The Bertz CT molecular complexity index is 332. The summed E-state index contributed by atoms with van der Waals surface area (Å²) in [4.78, 5) is 1.48. The van der Waals surface area contributed by atoms with Gasteiger partial charge >= 0.3 is 0 Å². The smallest absolute Gasteiger partial charge is 0.0314 e. The van der Waals surface area contributed by atoms with Crippen LogP contribution in [0.1, 0.15) is 31.6 Å². The number of hydrogen-bond acceptors (Lipinski definition) is 2. The Labute approximate surface area is 111 Å². The van der Waals surface area contributed by atoms with Crippen molar-refractivity contribution in [3.05, 3.63) is 20.8 Å². The van der Waals surface area contributed by atoms with E-state index in [0.717, 1.165) is 18.4 Å². The molecule has 0 aliphatic heterocycles. The molecule has 1 nitrogen and oxygen atoms in total. The first-order chi connectivity index (χ1) is 7.72. The highest BCUT2D eigenvalue weighted by molar-refractivity contribution is 9.10. The van der Waals surface area contributed by atoms with E-state index in [1.807, 2.05) is 11.3 Å². The van der Waals surface area contributed by atoms with Gasteiger partial charge < -0.3 is 5.32 Å². The summed E-state index contributed by atoms with van der Waals surface area (Å²) in [5, 5.41) is 5.83. The first-order valence-electron chi connectivity index (χ1n) is 6.17. The van der Waals surface area contributed by atoms with Crippen molar-refractivity contribution < 1.29 is 0 Å². The van der Waals surface area contributed by atoms with Gasteiger partial charge in [-0.1, -0.05) is 13.8 Å². The molecule has 1 aromatic heterocycles. The topological polar surface area (TPSA) is 12.0 Å². The van der Waals surface area contributed by atoms with Crippen LogP contribution in [0.5, 0.6) is 0 Å². The zero-order valence-electron chi connectivity index (χ0n) is 10.0. The van der Waals surface area contributed by atoms with Crippen molar-refractivity contribution in [3.63, 3.8) is 0 Å². The van der Waals surface area contributed by atoms with Crippen LogP contribution in [0.2, 0.25) is 0 Å². The molecule has 1 aromatic rings. The number of thiophene rings is 1.